The van der Waals surface area contributed by atoms with E-state index in [0.717, 1.165) is 5.56 Å². The summed E-state index contributed by atoms with van der Waals surface area (Å²) in [5.74, 6) is 0.649. The highest BCUT2D eigenvalue weighted by Crippen LogP contribution is 2.07. The van der Waals surface area contributed by atoms with Gasteiger partial charge in [-0.15, -0.1) is 0 Å². The van der Waals surface area contributed by atoms with E-state index in [1.165, 1.54) is 0 Å². The summed E-state index contributed by atoms with van der Waals surface area (Å²) >= 11 is 0. The highest BCUT2D eigenvalue weighted by atomic mass is 16.5. The smallest absolute Gasteiger partial charge is 0.213 e. The Morgan fingerprint density at radius 2 is 2.45 bits per heavy atom. The van der Waals surface area contributed by atoms with Crippen LogP contribution >= 0.6 is 0 Å². The van der Waals surface area contributed by atoms with Crippen molar-refractivity contribution in [2.45, 2.75) is 13.5 Å². The van der Waals surface area contributed by atoms with Crippen LogP contribution in [0, 0.1) is 0 Å². The molecule has 0 unspecified atom stereocenters. The predicted octanol–water partition coefficient (Wildman–Crippen LogP) is 0.939. The SMILES string of the molecule is CCOc1cc(CN)ccn1. The van der Waals surface area contributed by atoms with Crippen LogP contribution in [0.15, 0.2) is 18.3 Å². The Hall–Kier alpha value is -1.09. The van der Waals surface area contributed by atoms with Crippen molar-refractivity contribution >= 4 is 0 Å². The van der Waals surface area contributed by atoms with Crippen LogP contribution in [-0.2, 0) is 6.54 Å². The highest BCUT2D eigenvalue weighted by Gasteiger charge is 1.93. The first kappa shape index (κ1) is 8.01. The summed E-state index contributed by atoms with van der Waals surface area (Å²) < 4.78 is 5.18. The predicted molar refractivity (Wildman–Crippen MR) is 43.3 cm³/mol. The summed E-state index contributed by atoms with van der Waals surface area (Å²) in [6.45, 7) is 3.10. The molecule has 0 bridgehead atoms. The Balaban J connectivity index is 2.74. The van der Waals surface area contributed by atoms with Crippen molar-refractivity contribution in [3.63, 3.8) is 0 Å². The molecule has 2 N–H and O–H groups in total. The lowest BCUT2D eigenvalue weighted by atomic mass is 10.3. The molecule has 3 nitrogen and oxygen atoms in total. The Bertz CT molecular complexity index is 225. The third kappa shape index (κ3) is 2.20. The second kappa shape index (κ2) is 3.93. The van der Waals surface area contributed by atoms with Crippen molar-refractivity contribution in [2.24, 2.45) is 5.73 Å². The van der Waals surface area contributed by atoms with E-state index in [9.17, 15) is 0 Å². The van der Waals surface area contributed by atoms with Crippen LogP contribution in [-0.4, -0.2) is 11.6 Å². The van der Waals surface area contributed by atoms with Crippen molar-refractivity contribution in [2.75, 3.05) is 6.61 Å². The minimum atomic E-state index is 0.530. The van der Waals surface area contributed by atoms with Crippen molar-refractivity contribution in [3.05, 3.63) is 23.9 Å². The number of nitrogens with two attached hydrogens (primary N) is 1. The molecule has 1 aromatic heterocycles. The van der Waals surface area contributed by atoms with Gasteiger partial charge < -0.3 is 10.5 Å². The third-order valence-corrected chi connectivity index (χ3v) is 1.33. The topological polar surface area (TPSA) is 48.1 Å². The first-order valence-electron chi connectivity index (χ1n) is 3.64. The van der Waals surface area contributed by atoms with E-state index in [4.69, 9.17) is 10.5 Å². The third-order valence-electron chi connectivity index (χ3n) is 1.33. The Morgan fingerprint density at radius 3 is 3.09 bits per heavy atom. The summed E-state index contributed by atoms with van der Waals surface area (Å²) in [5, 5.41) is 0. The van der Waals surface area contributed by atoms with Crippen LogP contribution in [0.5, 0.6) is 5.88 Å². The lowest BCUT2D eigenvalue weighted by Crippen LogP contribution is -1.99. The molecule has 3 heteroatoms. The molecule has 60 valence electrons. The zero-order valence-corrected chi connectivity index (χ0v) is 6.58. The zero-order chi connectivity index (χ0) is 8.10. The van der Waals surface area contributed by atoms with Crippen LogP contribution < -0.4 is 10.5 Å². The number of hydrogen-bond donors (Lipinski definition) is 1. The standard InChI is InChI=1S/C8H12N2O/c1-2-11-8-5-7(6-9)3-4-10-8/h3-5H,2,6,9H2,1H3. The van der Waals surface area contributed by atoms with Crippen LogP contribution in [0.3, 0.4) is 0 Å². The van der Waals surface area contributed by atoms with Crippen molar-refractivity contribution in [1.82, 2.24) is 4.98 Å². The van der Waals surface area contributed by atoms with Gasteiger partial charge in [0.2, 0.25) is 5.88 Å². The molecule has 1 aromatic rings. The summed E-state index contributed by atoms with van der Waals surface area (Å²) in [6.07, 6.45) is 1.70. The van der Waals surface area contributed by atoms with Crippen molar-refractivity contribution < 1.29 is 4.74 Å². The molecular weight excluding hydrogens is 140 g/mol. The van der Waals surface area contributed by atoms with Crippen LogP contribution in [0.25, 0.3) is 0 Å². The molecule has 0 spiro atoms. The number of pyridine rings is 1. The maximum absolute atomic E-state index is 5.43. The van der Waals surface area contributed by atoms with E-state index < -0.39 is 0 Å². The van der Waals surface area contributed by atoms with Gasteiger partial charge in [-0.05, 0) is 18.6 Å². The van der Waals surface area contributed by atoms with Gasteiger partial charge in [0.05, 0.1) is 6.61 Å². The molecule has 0 aliphatic rings. The lowest BCUT2D eigenvalue weighted by molar-refractivity contribution is 0.326. The molecule has 1 heterocycles. The number of ether oxygens (including phenoxy) is 1. The maximum Gasteiger partial charge on any atom is 0.213 e. The number of rotatable bonds is 3. The molecule has 0 saturated heterocycles. The molecule has 0 saturated carbocycles. The number of nitrogens with zero attached hydrogens (tertiary/aromatic N) is 1. The van der Waals surface area contributed by atoms with E-state index in [2.05, 4.69) is 4.98 Å². The van der Waals surface area contributed by atoms with Gasteiger partial charge in [0, 0.05) is 18.8 Å². The Labute approximate surface area is 66.2 Å². The van der Waals surface area contributed by atoms with Crippen LogP contribution in [0.2, 0.25) is 0 Å². The van der Waals surface area contributed by atoms with Gasteiger partial charge >= 0.3 is 0 Å². The molecule has 0 aromatic carbocycles. The fourth-order valence-corrected chi connectivity index (χ4v) is 0.804. The van der Waals surface area contributed by atoms with E-state index in [1.807, 2.05) is 19.1 Å². The van der Waals surface area contributed by atoms with E-state index in [1.54, 1.807) is 6.20 Å². The normalized spacial score (nSPS) is 9.64. The summed E-state index contributed by atoms with van der Waals surface area (Å²) in [7, 11) is 0. The Morgan fingerprint density at radius 1 is 1.64 bits per heavy atom. The van der Waals surface area contributed by atoms with Crippen LogP contribution in [0.1, 0.15) is 12.5 Å². The molecule has 11 heavy (non-hydrogen) atoms. The van der Waals surface area contributed by atoms with Gasteiger partial charge in [-0.25, -0.2) is 4.98 Å². The van der Waals surface area contributed by atoms with Gasteiger partial charge in [0.1, 0.15) is 0 Å². The summed E-state index contributed by atoms with van der Waals surface area (Å²) in [4.78, 5) is 4.00. The second-order valence-corrected chi connectivity index (χ2v) is 2.14. The minimum absolute atomic E-state index is 0.530. The Kier molecular flexibility index (Phi) is 2.86. The molecular formula is C8H12N2O. The van der Waals surface area contributed by atoms with Crippen molar-refractivity contribution in [3.8, 4) is 5.88 Å². The van der Waals surface area contributed by atoms with E-state index in [0.29, 0.717) is 19.0 Å². The fourth-order valence-electron chi connectivity index (χ4n) is 0.804. The maximum atomic E-state index is 5.43. The molecule has 1 rings (SSSR count). The highest BCUT2D eigenvalue weighted by molar-refractivity contribution is 5.19. The van der Waals surface area contributed by atoms with Gasteiger partial charge in [0.15, 0.2) is 0 Å². The average Bonchev–Trinajstić information content (AvgIpc) is 2.06. The van der Waals surface area contributed by atoms with Crippen molar-refractivity contribution in [1.29, 1.82) is 0 Å². The fraction of sp³-hybridized carbons (Fsp3) is 0.375. The second-order valence-electron chi connectivity index (χ2n) is 2.14. The zero-order valence-electron chi connectivity index (χ0n) is 6.58. The number of aromatic nitrogens is 1. The molecule has 0 radical (unpaired) electrons. The molecule has 0 fully saturated rings. The molecule has 0 aliphatic carbocycles. The number of hydrogen-bond acceptors (Lipinski definition) is 3. The quantitative estimate of drug-likeness (QED) is 0.701. The van der Waals surface area contributed by atoms with Gasteiger partial charge in [-0.3, -0.25) is 0 Å². The monoisotopic (exact) mass is 152 g/mol. The van der Waals surface area contributed by atoms with Gasteiger partial charge in [-0.2, -0.15) is 0 Å². The van der Waals surface area contributed by atoms with Gasteiger partial charge in [0.25, 0.3) is 0 Å². The van der Waals surface area contributed by atoms with E-state index in [-0.39, 0.29) is 0 Å². The summed E-state index contributed by atoms with van der Waals surface area (Å²) in [5.41, 5.74) is 6.48. The molecule has 0 aliphatic heterocycles. The largest absolute Gasteiger partial charge is 0.478 e. The molecule has 0 atom stereocenters. The lowest BCUT2D eigenvalue weighted by Gasteiger charge is -2.02. The van der Waals surface area contributed by atoms with E-state index >= 15 is 0 Å². The minimum Gasteiger partial charge on any atom is -0.478 e. The summed E-state index contributed by atoms with van der Waals surface area (Å²) in [6, 6.07) is 3.73. The van der Waals surface area contributed by atoms with Gasteiger partial charge in [-0.1, -0.05) is 0 Å². The van der Waals surface area contributed by atoms with Crippen LogP contribution in [0.4, 0.5) is 0 Å². The average molecular weight is 152 g/mol. The first-order valence-corrected chi connectivity index (χ1v) is 3.64. The first-order chi connectivity index (χ1) is 5.36. The molecule has 0 amide bonds.